The molecular weight excluding hydrogens is 430 g/mol. The van der Waals surface area contributed by atoms with Crippen molar-refractivity contribution < 1.29 is 9.53 Å². The minimum atomic E-state index is -0.354. The zero-order valence-electron chi connectivity index (χ0n) is 23.3. The maximum absolute atomic E-state index is 13.0. The van der Waals surface area contributed by atoms with E-state index in [1.165, 1.54) is 29.4 Å². The van der Waals surface area contributed by atoms with Crippen molar-refractivity contribution in [3.8, 4) is 0 Å². The van der Waals surface area contributed by atoms with Crippen LogP contribution in [0.15, 0.2) is 66.4 Å². The van der Waals surface area contributed by atoms with Gasteiger partial charge in [-0.15, -0.1) is 0 Å². The zero-order chi connectivity index (χ0) is 26.5. The lowest BCUT2D eigenvalue weighted by Crippen LogP contribution is -2.28. The molecule has 0 heterocycles. The highest BCUT2D eigenvalue weighted by Gasteiger charge is 2.22. The molecule has 0 aromatic heterocycles. The fourth-order valence-electron chi connectivity index (χ4n) is 3.79. The van der Waals surface area contributed by atoms with Crippen LogP contribution in [0.1, 0.15) is 66.6 Å². The highest BCUT2D eigenvalue weighted by atomic mass is 16.5. The molecule has 0 atom stereocenters. The molecular formula is C32H43NO2. The molecule has 188 valence electrons. The number of hydrogen-bond donors (Lipinski definition) is 0. The third-order valence-electron chi connectivity index (χ3n) is 5.93. The SMILES string of the molecule is CC.CC.COC(=O)/C(=C\c1cc(C)c(C)c(C)c1)N(Cc1ccccc1C)c1ccccc1C. The first kappa shape index (κ1) is 29.7. The van der Waals surface area contributed by atoms with Gasteiger partial charge >= 0.3 is 5.97 Å². The Morgan fingerprint density at radius 2 is 1.29 bits per heavy atom. The fourth-order valence-corrected chi connectivity index (χ4v) is 3.79. The Labute approximate surface area is 213 Å². The minimum Gasteiger partial charge on any atom is -0.464 e. The molecule has 0 bridgehead atoms. The number of methoxy groups -OCH3 is 1. The van der Waals surface area contributed by atoms with Crippen LogP contribution in [0.4, 0.5) is 5.69 Å². The number of nitrogens with zero attached hydrogens (tertiary/aromatic N) is 1. The predicted octanol–water partition coefficient (Wildman–Crippen LogP) is 8.50. The van der Waals surface area contributed by atoms with Gasteiger partial charge in [-0.05, 0) is 85.7 Å². The smallest absolute Gasteiger partial charge is 0.354 e. The molecule has 3 heteroatoms. The topological polar surface area (TPSA) is 29.5 Å². The highest BCUT2D eigenvalue weighted by Crippen LogP contribution is 2.29. The van der Waals surface area contributed by atoms with Crippen LogP contribution in [0.2, 0.25) is 0 Å². The number of carbonyl (C=O) groups is 1. The number of para-hydroxylation sites is 1. The third kappa shape index (κ3) is 7.85. The Morgan fingerprint density at radius 3 is 1.80 bits per heavy atom. The van der Waals surface area contributed by atoms with Gasteiger partial charge in [0, 0.05) is 12.2 Å². The third-order valence-corrected chi connectivity index (χ3v) is 5.93. The van der Waals surface area contributed by atoms with Crippen LogP contribution in [0.25, 0.3) is 6.08 Å². The van der Waals surface area contributed by atoms with Crippen molar-refractivity contribution in [1.82, 2.24) is 0 Å². The summed E-state index contributed by atoms with van der Waals surface area (Å²) in [7, 11) is 1.44. The second-order valence-electron chi connectivity index (χ2n) is 8.10. The van der Waals surface area contributed by atoms with Crippen LogP contribution in [0.3, 0.4) is 0 Å². The van der Waals surface area contributed by atoms with Crippen LogP contribution >= 0.6 is 0 Å². The number of aryl methyl sites for hydroxylation is 4. The van der Waals surface area contributed by atoms with Crippen molar-refractivity contribution in [3.05, 3.63) is 105 Å². The summed E-state index contributed by atoms with van der Waals surface area (Å²) >= 11 is 0. The molecule has 0 spiro atoms. The molecule has 0 saturated heterocycles. The Morgan fingerprint density at radius 1 is 0.771 bits per heavy atom. The Kier molecular flexibility index (Phi) is 12.6. The van der Waals surface area contributed by atoms with Gasteiger partial charge in [0.2, 0.25) is 0 Å². The van der Waals surface area contributed by atoms with Gasteiger partial charge in [-0.25, -0.2) is 4.79 Å². The number of esters is 1. The van der Waals surface area contributed by atoms with E-state index < -0.39 is 0 Å². The molecule has 0 N–H and O–H groups in total. The molecule has 0 fully saturated rings. The van der Waals surface area contributed by atoms with E-state index in [1.54, 1.807) is 0 Å². The molecule has 0 aliphatic heterocycles. The normalized spacial score (nSPS) is 10.4. The molecule has 0 unspecified atom stereocenters. The quantitative estimate of drug-likeness (QED) is 0.265. The first-order valence-electron chi connectivity index (χ1n) is 12.6. The van der Waals surface area contributed by atoms with E-state index in [1.807, 2.05) is 58.0 Å². The van der Waals surface area contributed by atoms with Crippen LogP contribution in [0, 0.1) is 34.6 Å². The molecule has 3 aromatic carbocycles. The second-order valence-corrected chi connectivity index (χ2v) is 8.10. The summed E-state index contributed by atoms with van der Waals surface area (Å²) in [6.45, 7) is 19.1. The minimum absolute atomic E-state index is 0.354. The first-order chi connectivity index (χ1) is 16.8. The summed E-state index contributed by atoms with van der Waals surface area (Å²) in [6, 6.07) is 20.6. The summed E-state index contributed by atoms with van der Waals surface area (Å²) < 4.78 is 5.23. The molecule has 0 aliphatic rings. The highest BCUT2D eigenvalue weighted by molar-refractivity contribution is 5.98. The average Bonchev–Trinajstić information content (AvgIpc) is 2.88. The number of ether oxygens (including phenoxy) is 1. The van der Waals surface area contributed by atoms with Crippen LogP contribution in [0.5, 0.6) is 0 Å². The molecule has 0 amide bonds. The summed E-state index contributed by atoms with van der Waals surface area (Å²) in [6.07, 6.45) is 1.94. The van der Waals surface area contributed by atoms with Crippen LogP contribution < -0.4 is 4.90 Å². The van der Waals surface area contributed by atoms with Crippen molar-refractivity contribution in [3.63, 3.8) is 0 Å². The van der Waals surface area contributed by atoms with Gasteiger partial charge in [0.05, 0.1) is 7.11 Å². The van der Waals surface area contributed by atoms with Crippen molar-refractivity contribution in [1.29, 1.82) is 0 Å². The lowest BCUT2D eigenvalue weighted by molar-refractivity contribution is -0.136. The van der Waals surface area contributed by atoms with E-state index in [2.05, 4.69) is 75.9 Å². The number of carbonyl (C=O) groups excluding carboxylic acids is 1. The van der Waals surface area contributed by atoms with Crippen LogP contribution in [-0.4, -0.2) is 13.1 Å². The lowest BCUT2D eigenvalue weighted by atomic mass is 9.99. The zero-order valence-corrected chi connectivity index (χ0v) is 23.3. The van der Waals surface area contributed by atoms with Gasteiger partial charge in [0.1, 0.15) is 5.70 Å². The Balaban J connectivity index is 0.00000145. The number of benzene rings is 3. The van der Waals surface area contributed by atoms with E-state index in [0.717, 1.165) is 22.4 Å². The molecule has 3 nitrogen and oxygen atoms in total. The van der Waals surface area contributed by atoms with Crippen molar-refractivity contribution >= 4 is 17.7 Å². The largest absolute Gasteiger partial charge is 0.464 e. The Hall–Kier alpha value is -3.33. The van der Waals surface area contributed by atoms with Gasteiger partial charge in [-0.3, -0.25) is 0 Å². The van der Waals surface area contributed by atoms with E-state index in [-0.39, 0.29) is 5.97 Å². The fraction of sp³-hybridized carbons (Fsp3) is 0.344. The maximum Gasteiger partial charge on any atom is 0.354 e. The predicted molar refractivity (Wildman–Crippen MR) is 152 cm³/mol. The summed E-state index contributed by atoms with van der Waals surface area (Å²) in [4.78, 5) is 15.1. The average molecular weight is 474 g/mol. The molecule has 3 aromatic rings. The van der Waals surface area contributed by atoms with E-state index in [0.29, 0.717) is 12.2 Å². The van der Waals surface area contributed by atoms with Crippen molar-refractivity contribution in [2.45, 2.75) is 68.9 Å². The van der Waals surface area contributed by atoms with Gasteiger partial charge in [-0.1, -0.05) is 82.3 Å². The number of hydrogen-bond acceptors (Lipinski definition) is 3. The molecule has 35 heavy (non-hydrogen) atoms. The van der Waals surface area contributed by atoms with Gasteiger partial charge < -0.3 is 9.64 Å². The maximum atomic E-state index is 13.0. The van der Waals surface area contributed by atoms with Gasteiger partial charge in [-0.2, -0.15) is 0 Å². The summed E-state index contributed by atoms with van der Waals surface area (Å²) in [5.74, 6) is -0.354. The second kappa shape index (κ2) is 14.8. The molecule has 0 aliphatic carbocycles. The van der Waals surface area contributed by atoms with Crippen LogP contribution in [-0.2, 0) is 16.1 Å². The number of anilines is 1. The van der Waals surface area contributed by atoms with Crippen molar-refractivity contribution in [2.24, 2.45) is 0 Å². The molecule has 0 radical (unpaired) electrons. The lowest BCUT2D eigenvalue weighted by Gasteiger charge is -2.28. The van der Waals surface area contributed by atoms with Gasteiger partial charge in [0.25, 0.3) is 0 Å². The summed E-state index contributed by atoms with van der Waals surface area (Å²) in [5, 5.41) is 0. The number of rotatable bonds is 6. The monoisotopic (exact) mass is 473 g/mol. The van der Waals surface area contributed by atoms with E-state index in [4.69, 9.17) is 4.74 Å². The standard InChI is InChI=1S/C28H31NO2.2C2H6/c1-19-11-7-9-13-25(19)18-29(26-14-10-8-12-20(26)2)27(28(30)31-6)17-24-15-21(3)23(5)22(4)16-24;2*1-2/h7-17H,18H2,1-6H3;2*1-2H3/b27-17+;;. The van der Waals surface area contributed by atoms with E-state index >= 15 is 0 Å². The molecule has 0 saturated carbocycles. The first-order valence-corrected chi connectivity index (χ1v) is 12.6. The molecule has 3 rings (SSSR count). The Bertz CT molecular complexity index is 1100. The van der Waals surface area contributed by atoms with E-state index in [9.17, 15) is 4.79 Å². The van der Waals surface area contributed by atoms with Crippen molar-refractivity contribution in [2.75, 3.05) is 12.0 Å². The summed E-state index contributed by atoms with van der Waals surface area (Å²) in [5.41, 5.74) is 9.63. The van der Waals surface area contributed by atoms with Gasteiger partial charge in [0.15, 0.2) is 0 Å².